The second-order valence-corrected chi connectivity index (χ2v) is 6.35. The van der Waals surface area contributed by atoms with Gasteiger partial charge in [-0.1, -0.05) is 42.0 Å². The van der Waals surface area contributed by atoms with Gasteiger partial charge in [-0.25, -0.2) is 0 Å². The van der Waals surface area contributed by atoms with E-state index in [1.165, 1.54) is 33.4 Å². The van der Waals surface area contributed by atoms with E-state index in [2.05, 4.69) is 37.0 Å². The van der Waals surface area contributed by atoms with Crippen LogP contribution in [0.15, 0.2) is 52.7 Å². The lowest BCUT2D eigenvalue weighted by molar-refractivity contribution is 0.611. The van der Waals surface area contributed by atoms with E-state index in [1.54, 1.807) is 0 Å². The van der Waals surface area contributed by atoms with E-state index in [0.717, 1.165) is 44.5 Å². The maximum Gasteiger partial charge on any atom is 0.0735 e. The monoisotopic (exact) mass is 306 g/mol. The van der Waals surface area contributed by atoms with E-state index in [1.807, 2.05) is 19.2 Å². The highest BCUT2D eigenvalue weighted by Crippen LogP contribution is 2.39. The van der Waals surface area contributed by atoms with Gasteiger partial charge in [-0.2, -0.15) is 0 Å². The van der Waals surface area contributed by atoms with Gasteiger partial charge in [-0.3, -0.25) is 4.99 Å². The van der Waals surface area contributed by atoms with Crippen LogP contribution in [0.5, 0.6) is 0 Å². The average molecular weight is 306 g/mol. The van der Waals surface area contributed by atoms with Crippen LogP contribution in [0.1, 0.15) is 42.9 Å². The lowest BCUT2D eigenvalue weighted by Crippen LogP contribution is -2.24. The van der Waals surface area contributed by atoms with Gasteiger partial charge in [0.2, 0.25) is 0 Å². The molecule has 0 radical (unpaired) electrons. The summed E-state index contributed by atoms with van der Waals surface area (Å²) < 4.78 is 0. The van der Waals surface area contributed by atoms with Crippen LogP contribution in [0.3, 0.4) is 0 Å². The Kier molecular flexibility index (Phi) is 4.92. The number of piperidine rings is 1. The standard InChI is InChI=1S/C21H26N2/c1-4-16-7-8-18-14-15(3)6-9-19(18)20(21(16)23-5-2)17-10-12-22-13-11-17/h4-6,9,14,22H,1,7-8,10-13H2,2-3H3. The van der Waals surface area contributed by atoms with Crippen molar-refractivity contribution in [3.05, 3.63) is 64.4 Å². The number of rotatable bonds is 2. The Bertz CT molecular complexity index is 697. The topological polar surface area (TPSA) is 24.4 Å². The summed E-state index contributed by atoms with van der Waals surface area (Å²) in [5.41, 5.74) is 9.49. The third kappa shape index (κ3) is 3.23. The minimum Gasteiger partial charge on any atom is -0.316 e. The Morgan fingerprint density at radius 2 is 1.91 bits per heavy atom. The van der Waals surface area contributed by atoms with E-state index in [-0.39, 0.29) is 0 Å². The summed E-state index contributed by atoms with van der Waals surface area (Å²) in [5, 5.41) is 3.47. The summed E-state index contributed by atoms with van der Waals surface area (Å²) in [6.07, 6.45) is 8.21. The van der Waals surface area contributed by atoms with Crippen LogP contribution in [-0.2, 0) is 6.42 Å². The third-order valence-corrected chi connectivity index (χ3v) is 4.80. The maximum atomic E-state index is 4.78. The van der Waals surface area contributed by atoms with E-state index in [4.69, 9.17) is 4.99 Å². The SMILES string of the molecule is C=CC1=C(N=CC)C(=C2CCNCC2)c2ccc(C)cc2CC1. The van der Waals surface area contributed by atoms with Gasteiger partial charge in [0.15, 0.2) is 0 Å². The average Bonchev–Trinajstić information content (AvgIpc) is 2.72. The summed E-state index contributed by atoms with van der Waals surface area (Å²) in [5.74, 6) is 0. The smallest absolute Gasteiger partial charge is 0.0735 e. The highest BCUT2D eigenvalue weighted by Gasteiger charge is 2.23. The number of hydrogen-bond acceptors (Lipinski definition) is 2. The van der Waals surface area contributed by atoms with Crippen molar-refractivity contribution in [3.8, 4) is 0 Å². The number of benzene rings is 1. The molecule has 0 saturated carbocycles. The summed E-state index contributed by atoms with van der Waals surface area (Å²) in [4.78, 5) is 4.78. The molecule has 0 spiro atoms. The highest BCUT2D eigenvalue weighted by molar-refractivity contribution is 5.86. The van der Waals surface area contributed by atoms with E-state index in [9.17, 15) is 0 Å². The minimum atomic E-state index is 1.02. The Morgan fingerprint density at radius 1 is 1.13 bits per heavy atom. The van der Waals surface area contributed by atoms with Gasteiger partial charge < -0.3 is 5.32 Å². The van der Waals surface area contributed by atoms with Crippen LogP contribution in [0, 0.1) is 6.92 Å². The van der Waals surface area contributed by atoms with Crippen molar-refractivity contribution in [1.29, 1.82) is 0 Å². The molecule has 0 aromatic heterocycles. The fraction of sp³-hybridized carbons (Fsp3) is 0.381. The lowest BCUT2D eigenvalue weighted by atomic mass is 9.88. The molecule has 1 aromatic carbocycles. The minimum absolute atomic E-state index is 1.02. The van der Waals surface area contributed by atoms with Crippen molar-refractivity contribution < 1.29 is 0 Å². The first-order valence-corrected chi connectivity index (χ1v) is 8.62. The Balaban J connectivity index is 2.27. The zero-order valence-electron chi connectivity index (χ0n) is 14.3. The molecule has 0 unspecified atom stereocenters. The van der Waals surface area contributed by atoms with E-state index >= 15 is 0 Å². The first-order chi connectivity index (χ1) is 11.2. The van der Waals surface area contributed by atoms with Crippen molar-refractivity contribution in [1.82, 2.24) is 5.32 Å². The molecule has 1 saturated heterocycles. The molecule has 1 aliphatic heterocycles. The normalized spacial score (nSPS) is 19.0. The van der Waals surface area contributed by atoms with E-state index in [0.29, 0.717) is 0 Å². The number of aliphatic imine (C=N–C) groups is 1. The molecule has 1 N–H and O–H groups in total. The van der Waals surface area contributed by atoms with Gasteiger partial charge >= 0.3 is 0 Å². The number of nitrogens with zero attached hydrogens (tertiary/aromatic N) is 1. The second-order valence-electron chi connectivity index (χ2n) is 6.35. The molecule has 1 fully saturated rings. The number of nitrogens with one attached hydrogen (secondary N) is 1. The van der Waals surface area contributed by atoms with Crippen LogP contribution in [-0.4, -0.2) is 19.3 Å². The molecule has 0 atom stereocenters. The van der Waals surface area contributed by atoms with Gasteiger partial charge in [0, 0.05) is 11.8 Å². The fourth-order valence-electron chi connectivity index (χ4n) is 3.66. The van der Waals surface area contributed by atoms with Crippen LogP contribution in [0.4, 0.5) is 0 Å². The number of allylic oxidation sites excluding steroid dienone is 3. The number of hydrogen-bond donors (Lipinski definition) is 1. The molecule has 1 aliphatic carbocycles. The summed E-state index contributed by atoms with van der Waals surface area (Å²) in [6, 6.07) is 6.87. The molecule has 120 valence electrons. The lowest BCUT2D eigenvalue weighted by Gasteiger charge is -2.22. The maximum absolute atomic E-state index is 4.78. The molecule has 0 bridgehead atoms. The van der Waals surface area contributed by atoms with Crippen LogP contribution in [0.25, 0.3) is 5.57 Å². The zero-order chi connectivity index (χ0) is 16.2. The predicted molar refractivity (Wildman–Crippen MR) is 99.9 cm³/mol. The van der Waals surface area contributed by atoms with Crippen LogP contribution >= 0.6 is 0 Å². The van der Waals surface area contributed by atoms with Gasteiger partial charge in [0.25, 0.3) is 0 Å². The van der Waals surface area contributed by atoms with E-state index < -0.39 is 0 Å². The molecule has 2 heteroatoms. The van der Waals surface area contributed by atoms with Crippen molar-refractivity contribution in [3.63, 3.8) is 0 Å². The summed E-state index contributed by atoms with van der Waals surface area (Å²) in [6.45, 7) is 10.4. The van der Waals surface area contributed by atoms with Crippen LogP contribution < -0.4 is 5.32 Å². The zero-order valence-corrected chi connectivity index (χ0v) is 14.3. The second kappa shape index (κ2) is 7.10. The Hall–Kier alpha value is -1.93. The molecule has 3 rings (SSSR count). The molecule has 1 heterocycles. The molecule has 2 aliphatic rings. The first-order valence-electron chi connectivity index (χ1n) is 8.62. The molecule has 1 aromatic rings. The molecule has 0 amide bonds. The molecule has 23 heavy (non-hydrogen) atoms. The number of fused-ring (bicyclic) bond motifs is 1. The van der Waals surface area contributed by atoms with Crippen molar-refractivity contribution in [2.75, 3.05) is 13.1 Å². The van der Waals surface area contributed by atoms with Crippen molar-refractivity contribution in [2.24, 2.45) is 4.99 Å². The quantitative estimate of drug-likeness (QED) is 0.793. The summed E-state index contributed by atoms with van der Waals surface area (Å²) in [7, 11) is 0. The Labute approximate surface area is 139 Å². The predicted octanol–water partition coefficient (Wildman–Crippen LogP) is 4.61. The van der Waals surface area contributed by atoms with Gasteiger partial charge in [-0.05, 0) is 69.3 Å². The number of aryl methyl sites for hydroxylation is 2. The first kappa shape index (κ1) is 15.9. The fourth-order valence-corrected chi connectivity index (χ4v) is 3.66. The van der Waals surface area contributed by atoms with Crippen molar-refractivity contribution >= 4 is 11.8 Å². The molecule has 2 nitrogen and oxygen atoms in total. The molecular formula is C21H26N2. The Morgan fingerprint density at radius 3 is 2.61 bits per heavy atom. The summed E-state index contributed by atoms with van der Waals surface area (Å²) >= 11 is 0. The van der Waals surface area contributed by atoms with Gasteiger partial charge in [-0.15, -0.1) is 0 Å². The van der Waals surface area contributed by atoms with Crippen molar-refractivity contribution in [2.45, 2.75) is 39.5 Å². The van der Waals surface area contributed by atoms with Gasteiger partial charge in [0.1, 0.15) is 0 Å². The van der Waals surface area contributed by atoms with Gasteiger partial charge in [0.05, 0.1) is 5.70 Å². The largest absolute Gasteiger partial charge is 0.316 e. The highest BCUT2D eigenvalue weighted by atomic mass is 14.9. The molecular weight excluding hydrogens is 280 g/mol. The van der Waals surface area contributed by atoms with Crippen LogP contribution in [0.2, 0.25) is 0 Å². The third-order valence-electron chi connectivity index (χ3n) is 4.80.